The van der Waals surface area contributed by atoms with Gasteiger partial charge in [0.2, 0.25) is 15.9 Å². The largest absolute Gasteiger partial charge is 0.445 e. The maximum absolute atomic E-state index is 12.3. The zero-order chi connectivity index (χ0) is 15.6. The van der Waals surface area contributed by atoms with E-state index in [1.807, 2.05) is 0 Å². The lowest BCUT2D eigenvalue weighted by molar-refractivity contribution is 0.463. The average Bonchev–Trinajstić information content (AvgIpc) is 2.82. The van der Waals surface area contributed by atoms with Crippen LogP contribution in [0, 0.1) is 6.92 Å². The second-order valence-electron chi connectivity index (χ2n) is 4.27. The molecule has 0 spiro atoms. The fourth-order valence-corrected chi connectivity index (χ4v) is 3.50. The molecule has 3 N–H and O–H groups in total. The van der Waals surface area contributed by atoms with Crippen molar-refractivity contribution in [2.75, 3.05) is 0 Å². The van der Waals surface area contributed by atoms with Crippen LogP contribution >= 0.6 is 23.2 Å². The Hall–Kier alpha value is -1.12. The Morgan fingerprint density at radius 3 is 2.62 bits per heavy atom. The van der Waals surface area contributed by atoms with Crippen LogP contribution in [0.5, 0.6) is 0 Å². The highest BCUT2D eigenvalue weighted by atomic mass is 35.5. The number of nitrogens with zero attached hydrogens (tertiary/aromatic N) is 1. The third-order valence-electron chi connectivity index (χ3n) is 2.69. The van der Waals surface area contributed by atoms with Crippen LogP contribution in [0.4, 0.5) is 0 Å². The van der Waals surface area contributed by atoms with Gasteiger partial charge in [-0.05, 0) is 24.6 Å². The molecule has 0 fully saturated rings. The minimum absolute atomic E-state index is 0.0216. The summed E-state index contributed by atoms with van der Waals surface area (Å²) in [4.78, 5) is 3.83. The van der Waals surface area contributed by atoms with Crippen molar-refractivity contribution < 1.29 is 12.8 Å². The monoisotopic (exact) mass is 349 g/mol. The summed E-state index contributed by atoms with van der Waals surface area (Å²) >= 11 is 11.9. The van der Waals surface area contributed by atoms with Crippen molar-refractivity contribution in [2.45, 2.75) is 24.9 Å². The predicted molar refractivity (Wildman–Crippen MR) is 79.6 cm³/mol. The second kappa shape index (κ2) is 6.33. The second-order valence-corrected chi connectivity index (χ2v) is 6.82. The molecule has 114 valence electrons. The molecular formula is C12H13Cl2N3O3S. The van der Waals surface area contributed by atoms with E-state index in [4.69, 9.17) is 33.4 Å². The van der Waals surface area contributed by atoms with E-state index in [0.29, 0.717) is 16.3 Å². The van der Waals surface area contributed by atoms with Gasteiger partial charge >= 0.3 is 0 Å². The zero-order valence-electron chi connectivity index (χ0n) is 11.1. The standard InChI is InChI=1S/C12H13Cl2N3O3S/c1-7-5-16-12(20-7)6-17-21(18,19)11-2-8(4-15)9(13)3-10(11)14/h2-3,5,17H,4,6,15H2,1H3. The van der Waals surface area contributed by atoms with Crippen LogP contribution in [0.3, 0.4) is 0 Å². The van der Waals surface area contributed by atoms with Crippen LogP contribution < -0.4 is 10.5 Å². The van der Waals surface area contributed by atoms with Gasteiger partial charge in [-0.3, -0.25) is 0 Å². The lowest BCUT2D eigenvalue weighted by atomic mass is 10.2. The van der Waals surface area contributed by atoms with Crippen LogP contribution in [0.15, 0.2) is 27.6 Å². The SMILES string of the molecule is Cc1cnc(CNS(=O)(=O)c2cc(CN)c(Cl)cc2Cl)o1. The first-order chi connectivity index (χ1) is 9.83. The van der Waals surface area contributed by atoms with E-state index in [2.05, 4.69) is 9.71 Å². The quantitative estimate of drug-likeness (QED) is 0.862. The number of aryl methyl sites for hydroxylation is 1. The molecule has 0 amide bonds. The number of aromatic nitrogens is 1. The first kappa shape index (κ1) is 16.3. The Labute approximate surface area is 132 Å². The lowest BCUT2D eigenvalue weighted by Gasteiger charge is -2.10. The van der Waals surface area contributed by atoms with E-state index in [9.17, 15) is 8.42 Å². The van der Waals surface area contributed by atoms with Crippen molar-refractivity contribution in [1.82, 2.24) is 9.71 Å². The maximum Gasteiger partial charge on any atom is 0.242 e. The average molecular weight is 350 g/mol. The fourth-order valence-electron chi connectivity index (χ4n) is 1.65. The van der Waals surface area contributed by atoms with Crippen LogP contribution in [0.1, 0.15) is 17.2 Å². The van der Waals surface area contributed by atoms with Crippen molar-refractivity contribution in [2.24, 2.45) is 5.73 Å². The van der Waals surface area contributed by atoms with Crippen molar-refractivity contribution >= 4 is 33.2 Å². The van der Waals surface area contributed by atoms with E-state index >= 15 is 0 Å². The van der Waals surface area contributed by atoms with Gasteiger partial charge in [0.25, 0.3) is 0 Å². The molecule has 0 bridgehead atoms. The number of halogens is 2. The summed E-state index contributed by atoms with van der Waals surface area (Å²) in [7, 11) is -3.83. The van der Waals surface area contributed by atoms with Gasteiger partial charge in [0.15, 0.2) is 0 Å². The number of benzene rings is 1. The number of nitrogens with two attached hydrogens (primary N) is 1. The molecule has 21 heavy (non-hydrogen) atoms. The Morgan fingerprint density at radius 1 is 1.33 bits per heavy atom. The van der Waals surface area contributed by atoms with Gasteiger partial charge in [0.1, 0.15) is 10.7 Å². The smallest absolute Gasteiger partial charge is 0.242 e. The Kier molecular flexibility index (Phi) is 4.90. The minimum atomic E-state index is -3.83. The first-order valence-corrected chi connectivity index (χ1v) is 8.16. The van der Waals surface area contributed by atoms with Crippen LogP contribution in [0.25, 0.3) is 0 Å². The molecule has 6 nitrogen and oxygen atoms in total. The molecule has 1 aromatic carbocycles. The highest BCUT2D eigenvalue weighted by molar-refractivity contribution is 7.89. The summed E-state index contributed by atoms with van der Waals surface area (Å²) in [6, 6.07) is 2.71. The summed E-state index contributed by atoms with van der Waals surface area (Å²) in [6.45, 7) is 1.75. The van der Waals surface area contributed by atoms with E-state index in [1.54, 1.807) is 6.92 Å². The molecule has 0 saturated carbocycles. The molecule has 0 unspecified atom stereocenters. The van der Waals surface area contributed by atoms with Gasteiger partial charge < -0.3 is 10.2 Å². The molecule has 9 heteroatoms. The highest BCUT2D eigenvalue weighted by Gasteiger charge is 2.20. The highest BCUT2D eigenvalue weighted by Crippen LogP contribution is 2.28. The Bertz CT molecular complexity index is 759. The summed E-state index contributed by atoms with van der Waals surface area (Å²) < 4.78 is 32.1. The van der Waals surface area contributed by atoms with Gasteiger partial charge in [-0.15, -0.1) is 0 Å². The Morgan fingerprint density at radius 2 is 2.05 bits per heavy atom. The van der Waals surface area contributed by atoms with Crippen molar-refractivity contribution in [3.05, 3.63) is 45.6 Å². The third-order valence-corrected chi connectivity index (χ3v) is 4.91. The molecule has 0 aliphatic rings. The van der Waals surface area contributed by atoms with Gasteiger partial charge in [0.05, 0.1) is 17.8 Å². The van der Waals surface area contributed by atoms with Crippen molar-refractivity contribution in [1.29, 1.82) is 0 Å². The molecule has 1 aromatic heterocycles. The molecule has 1 heterocycles. The summed E-state index contributed by atoms with van der Waals surface area (Å²) in [5.74, 6) is 0.861. The van der Waals surface area contributed by atoms with E-state index in [0.717, 1.165) is 0 Å². The van der Waals surface area contributed by atoms with Crippen molar-refractivity contribution in [3.63, 3.8) is 0 Å². The molecule has 0 atom stereocenters. The first-order valence-electron chi connectivity index (χ1n) is 5.92. The van der Waals surface area contributed by atoms with Gasteiger partial charge in [0, 0.05) is 11.6 Å². The van der Waals surface area contributed by atoms with Crippen molar-refractivity contribution in [3.8, 4) is 0 Å². The van der Waals surface area contributed by atoms with Gasteiger partial charge in [-0.2, -0.15) is 0 Å². The molecule has 0 radical (unpaired) electrons. The van der Waals surface area contributed by atoms with E-state index < -0.39 is 10.0 Å². The minimum Gasteiger partial charge on any atom is -0.445 e. The third kappa shape index (κ3) is 3.75. The molecule has 0 aliphatic heterocycles. The van der Waals surface area contributed by atoms with Gasteiger partial charge in [-0.25, -0.2) is 18.1 Å². The number of hydrogen-bond donors (Lipinski definition) is 2. The van der Waals surface area contributed by atoms with Crippen LogP contribution in [0.2, 0.25) is 10.0 Å². The zero-order valence-corrected chi connectivity index (χ0v) is 13.4. The Balaban J connectivity index is 2.27. The van der Waals surface area contributed by atoms with Crippen LogP contribution in [-0.2, 0) is 23.1 Å². The van der Waals surface area contributed by atoms with E-state index in [-0.39, 0.29) is 28.9 Å². The molecule has 2 aromatic rings. The number of oxazole rings is 1. The topological polar surface area (TPSA) is 98.2 Å². The number of sulfonamides is 1. The number of hydrogen-bond acceptors (Lipinski definition) is 5. The number of nitrogens with one attached hydrogen (secondary N) is 1. The maximum atomic E-state index is 12.3. The molecule has 0 aliphatic carbocycles. The molecular weight excluding hydrogens is 337 g/mol. The summed E-state index contributed by atoms with van der Waals surface area (Å²) in [5.41, 5.74) is 6.01. The predicted octanol–water partition coefficient (Wildman–Crippen LogP) is 2.23. The van der Waals surface area contributed by atoms with E-state index in [1.165, 1.54) is 18.3 Å². The van der Waals surface area contributed by atoms with Gasteiger partial charge in [-0.1, -0.05) is 23.2 Å². The summed E-state index contributed by atoms with van der Waals surface area (Å²) in [6.07, 6.45) is 1.51. The lowest BCUT2D eigenvalue weighted by Crippen LogP contribution is -2.24. The van der Waals surface area contributed by atoms with Crippen LogP contribution in [-0.4, -0.2) is 13.4 Å². The number of rotatable bonds is 5. The normalized spacial score (nSPS) is 11.8. The summed E-state index contributed by atoms with van der Waals surface area (Å²) in [5, 5.41) is 0.345. The fraction of sp³-hybridized carbons (Fsp3) is 0.250. The molecule has 2 rings (SSSR count). The molecule has 0 saturated heterocycles.